The Bertz CT molecular complexity index is 394. The summed E-state index contributed by atoms with van der Waals surface area (Å²) in [6, 6.07) is 0. The highest BCUT2D eigenvalue weighted by molar-refractivity contribution is 5.21. The van der Waals surface area contributed by atoms with Crippen LogP contribution in [-0.2, 0) is 9.57 Å². The van der Waals surface area contributed by atoms with Crippen molar-refractivity contribution in [3.63, 3.8) is 0 Å². The number of hydrogen-bond donors (Lipinski definition) is 1. The summed E-state index contributed by atoms with van der Waals surface area (Å²) in [7, 11) is 1.48. The van der Waals surface area contributed by atoms with Crippen LogP contribution in [0.5, 0.6) is 0 Å². The van der Waals surface area contributed by atoms with Gasteiger partial charge < -0.3 is 9.57 Å². The van der Waals surface area contributed by atoms with Gasteiger partial charge in [0.15, 0.2) is 5.76 Å². The van der Waals surface area contributed by atoms with E-state index in [1.807, 2.05) is 0 Å². The van der Waals surface area contributed by atoms with Crippen molar-refractivity contribution in [2.24, 2.45) is 15.5 Å². The molecule has 1 N–H and O–H groups in total. The number of rotatable bonds is 7. The van der Waals surface area contributed by atoms with Gasteiger partial charge in [0.2, 0.25) is 0 Å². The Balaban J connectivity index is 4.52. The fourth-order valence-electron chi connectivity index (χ4n) is 0.827. The first kappa shape index (κ1) is 14.8. The van der Waals surface area contributed by atoms with Crippen molar-refractivity contribution in [1.29, 1.82) is 5.53 Å². The zero-order valence-electron chi connectivity index (χ0n) is 10.2. The molecule has 0 heterocycles. The van der Waals surface area contributed by atoms with Gasteiger partial charge in [-0.3, -0.25) is 0 Å². The van der Waals surface area contributed by atoms with Gasteiger partial charge in [-0.25, -0.2) is 5.53 Å². The van der Waals surface area contributed by atoms with Crippen LogP contribution in [0.1, 0.15) is 13.8 Å². The molecule has 0 aliphatic carbocycles. The Labute approximate surface area is 100 Å². The normalized spacial score (nSPS) is 12.4. The van der Waals surface area contributed by atoms with Crippen LogP contribution in [0.4, 0.5) is 0 Å². The van der Waals surface area contributed by atoms with Crippen molar-refractivity contribution in [2.75, 3.05) is 7.11 Å². The summed E-state index contributed by atoms with van der Waals surface area (Å²) >= 11 is 0. The van der Waals surface area contributed by atoms with Crippen LogP contribution in [0.2, 0.25) is 0 Å². The van der Waals surface area contributed by atoms with Crippen LogP contribution < -0.4 is 0 Å². The summed E-state index contributed by atoms with van der Waals surface area (Å²) in [5.41, 5.74) is 7.58. The molecule has 0 saturated heterocycles. The van der Waals surface area contributed by atoms with Crippen LogP contribution in [0.15, 0.2) is 63.7 Å². The Morgan fingerprint density at radius 2 is 1.71 bits per heavy atom. The molecular weight excluding hydrogens is 220 g/mol. The molecule has 17 heavy (non-hydrogen) atoms. The first-order valence-corrected chi connectivity index (χ1v) is 4.81. The number of allylic oxidation sites excluding steroid dienone is 2. The largest absolute Gasteiger partial charge is 0.495 e. The van der Waals surface area contributed by atoms with Gasteiger partial charge in [-0.2, -0.15) is 5.11 Å². The predicted octanol–water partition coefficient (Wildman–Crippen LogP) is 3.88. The number of ether oxygens (including phenoxy) is 1. The Kier molecular flexibility index (Phi) is 6.92. The van der Waals surface area contributed by atoms with E-state index >= 15 is 0 Å². The lowest BCUT2D eigenvalue weighted by Crippen LogP contribution is -1.89. The molecule has 92 valence electrons. The minimum atomic E-state index is 0.143. The van der Waals surface area contributed by atoms with Crippen LogP contribution in [0.3, 0.4) is 0 Å². The predicted molar refractivity (Wildman–Crippen MR) is 63.9 cm³/mol. The maximum absolute atomic E-state index is 6.84. The van der Waals surface area contributed by atoms with Gasteiger partial charge in [0.25, 0.3) is 0 Å². The maximum Gasteiger partial charge on any atom is 0.179 e. The minimum Gasteiger partial charge on any atom is -0.495 e. The van der Waals surface area contributed by atoms with Crippen molar-refractivity contribution in [3.05, 3.63) is 48.2 Å². The second-order valence-electron chi connectivity index (χ2n) is 2.78. The maximum atomic E-state index is 6.84. The van der Waals surface area contributed by atoms with Crippen LogP contribution in [0, 0.1) is 5.53 Å². The van der Waals surface area contributed by atoms with Crippen LogP contribution >= 0.6 is 0 Å². The van der Waals surface area contributed by atoms with Gasteiger partial charge in [0.1, 0.15) is 17.2 Å². The molecule has 0 bridgehead atoms. The summed E-state index contributed by atoms with van der Waals surface area (Å²) in [5.74, 6) is 0.520. The fourth-order valence-corrected chi connectivity index (χ4v) is 0.827. The molecule has 0 aromatic carbocycles. The average Bonchev–Trinajstić information content (AvgIpc) is 2.35. The summed E-state index contributed by atoms with van der Waals surface area (Å²) in [4.78, 5) is 4.86. The van der Waals surface area contributed by atoms with E-state index in [1.165, 1.54) is 7.11 Å². The summed E-state index contributed by atoms with van der Waals surface area (Å²) in [5, 5.41) is 10.4. The van der Waals surface area contributed by atoms with Crippen molar-refractivity contribution in [2.45, 2.75) is 13.8 Å². The molecule has 0 saturated carbocycles. The van der Waals surface area contributed by atoms with Gasteiger partial charge >= 0.3 is 0 Å². The van der Waals surface area contributed by atoms with E-state index in [1.54, 1.807) is 26.0 Å². The SMILES string of the molecule is C=C(OC)/C(=C\C)N=NOC(=C)/C(=C\C)N=N. The third-order valence-electron chi connectivity index (χ3n) is 1.78. The summed E-state index contributed by atoms with van der Waals surface area (Å²) in [6.07, 6.45) is 3.25. The number of methoxy groups -OCH3 is 1. The molecule has 0 spiro atoms. The second-order valence-corrected chi connectivity index (χ2v) is 2.78. The third-order valence-corrected chi connectivity index (χ3v) is 1.78. The molecule has 6 heteroatoms. The lowest BCUT2D eigenvalue weighted by atomic mass is 10.4. The molecule has 0 rings (SSSR count). The van der Waals surface area contributed by atoms with Crippen LogP contribution in [0.25, 0.3) is 0 Å². The van der Waals surface area contributed by atoms with Crippen LogP contribution in [-0.4, -0.2) is 7.11 Å². The molecule has 0 unspecified atom stereocenters. The monoisotopic (exact) mass is 236 g/mol. The fraction of sp³-hybridized carbons (Fsp3) is 0.273. The quantitative estimate of drug-likeness (QED) is 0.315. The summed E-state index contributed by atoms with van der Waals surface area (Å²) in [6.45, 7) is 10.7. The number of hydrogen-bond acceptors (Lipinski definition) is 6. The highest BCUT2D eigenvalue weighted by atomic mass is 16.6. The van der Waals surface area contributed by atoms with Gasteiger partial charge in [0, 0.05) is 5.28 Å². The highest BCUT2D eigenvalue weighted by Crippen LogP contribution is 2.14. The second kappa shape index (κ2) is 7.98. The Morgan fingerprint density at radius 1 is 1.12 bits per heavy atom. The van der Waals surface area contributed by atoms with Gasteiger partial charge in [-0.05, 0) is 13.8 Å². The van der Waals surface area contributed by atoms with E-state index in [2.05, 4.69) is 28.7 Å². The average molecular weight is 236 g/mol. The highest BCUT2D eigenvalue weighted by Gasteiger charge is 2.02. The Hall–Kier alpha value is -2.24. The van der Waals surface area contributed by atoms with Gasteiger partial charge in [-0.15, -0.1) is 5.11 Å². The van der Waals surface area contributed by atoms with Gasteiger partial charge in [-0.1, -0.05) is 25.3 Å². The third kappa shape index (κ3) is 4.87. The molecule has 0 aliphatic heterocycles. The van der Waals surface area contributed by atoms with E-state index in [9.17, 15) is 0 Å². The Morgan fingerprint density at radius 3 is 2.12 bits per heavy atom. The standard InChI is InChI=1S/C11H16N4O2/c1-6-10(13-12)9(4)17-15-14-11(7-2)8(3)16-5/h6-7,12H,3-4H2,1-2,5H3/b10-6+,11-7+,13-12?,15-14?. The molecule has 0 aliphatic rings. The van der Waals surface area contributed by atoms with E-state index in [-0.39, 0.29) is 11.5 Å². The van der Waals surface area contributed by atoms with E-state index in [4.69, 9.17) is 15.1 Å². The zero-order chi connectivity index (χ0) is 13.3. The van der Waals surface area contributed by atoms with Crippen molar-refractivity contribution >= 4 is 0 Å². The summed E-state index contributed by atoms with van der Waals surface area (Å²) < 4.78 is 4.90. The smallest absolute Gasteiger partial charge is 0.179 e. The van der Waals surface area contributed by atoms with E-state index in [0.717, 1.165) is 0 Å². The first-order chi connectivity index (χ1) is 8.10. The lowest BCUT2D eigenvalue weighted by Gasteiger charge is -2.03. The van der Waals surface area contributed by atoms with Crippen molar-refractivity contribution in [1.82, 2.24) is 0 Å². The van der Waals surface area contributed by atoms with Crippen molar-refractivity contribution in [3.8, 4) is 0 Å². The lowest BCUT2D eigenvalue weighted by molar-refractivity contribution is 0.208. The zero-order valence-corrected chi connectivity index (χ0v) is 10.2. The molecule has 6 nitrogen and oxygen atoms in total. The van der Waals surface area contributed by atoms with E-state index < -0.39 is 0 Å². The van der Waals surface area contributed by atoms with E-state index in [0.29, 0.717) is 11.5 Å². The van der Waals surface area contributed by atoms with Gasteiger partial charge in [0.05, 0.1) is 7.11 Å². The molecule has 0 aromatic rings. The molecule has 0 radical (unpaired) electrons. The number of nitrogens with zero attached hydrogens (tertiary/aromatic N) is 3. The topological polar surface area (TPSA) is 79.4 Å². The minimum absolute atomic E-state index is 0.143. The first-order valence-electron chi connectivity index (χ1n) is 4.81. The van der Waals surface area contributed by atoms with Crippen molar-refractivity contribution < 1.29 is 9.57 Å². The number of nitrogens with one attached hydrogen (secondary N) is 1. The molecule has 0 amide bonds. The molecule has 0 fully saturated rings. The molecule has 0 atom stereocenters. The molecular formula is C11H16N4O2. The molecule has 0 aromatic heterocycles.